The SMILES string of the molecule is O=C(N[C@H](Cc1ccccc1)C1(O)CCCC1)C1(C(=O)N[C@H](Cc2ccccc2)C2(O)CCCC2)CC1. The molecule has 198 valence electrons. The summed E-state index contributed by atoms with van der Waals surface area (Å²) in [4.78, 5) is 27.3. The summed E-state index contributed by atoms with van der Waals surface area (Å²) in [5, 5.41) is 29.1. The number of hydrogen-bond donors (Lipinski definition) is 4. The molecule has 4 N–H and O–H groups in total. The molecule has 0 bridgehead atoms. The van der Waals surface area contributed by atoms with Gasteiger partial charge in [0.2, 0.25) is 11.8 Å². The van der Waals surface area contributed by atoms with E-state index in [4.69, 9.17) is 0 Å². The molecule has 6 nitrogen and oxygen atoms in total. The van der Waals surface area contributed by atoms with E-state index in [-0.39, 0.29) is 11.8 Å². The molecule has 3 fully saturated rings. The average Bonchev–Trinajstić information content (AvgIpc) is 3.42. The van der Waals surface area contributed by atoms with Crippen LogP contribution < -0.4 is 10.6 Å². The summed E-state index contributed by atoms with van der Waals surface area (Å²) in [5.41, 5.74) is -0.962. The largest absolute Gasteiger partial charge is 0.388 e. The summed E-state index contributed by atoms with van der Waals surface area (Å²) in [6.45, 7) is 0. The van der Waals surface area contributed by atoms with Crippen LogP contribution in [-0.2, 0) is 22.4 Å². The Balaban J connectivity index is 1.32. The maximum Gasteiger partial charge on any atom is 0.236 e. The van der Waals surface area contributed by atoms with Crippen LogP contribution >= 0.6 is 0 Å². The molecule has 0 radical (unpaired) electrons. The van der Waals surface area contributed by atoms with E-state index in [0.29, 0.717) is 51.4 Å². The summed E-state index contributed by atoms with van der Waals surface area (Å²) >= 11 is 0. The third-order valence-corrected chi connectivity index (χ3v) is 9.03. The number of carbonyl (C=O) groups excluding carboxylic acids is 2. The molecule has 0 spiro atoms. The van der Waals surface area contributed by atoms with Crippen molar-refractivity contribution in [3.8, 4) is 0 Å². The van der Waals surface area contributed by atoms with Crippen LogP contribution in [0.25, 0.3) is 0 Å². The zero-order chi connectivity index (χ0) is 25.9. The van der Waals surface area contributed by atoms with Crippen molar-refractivity contribution >= 4 is 11.8 Å². The summed E-state index contributed by atoms with van der Waals surface area (Å²) < 4.78 is 0. The molecular weight excluding hydrogens is 464 g/mol. The van der Waals surface area contributed by atoms with Crippen LogP contribution in [-0.4, -0.2) is 45.3 Å². The van der Waals surface area contributed by atoms with Gasteiger partial charge in [-0.25, -0.2) is 0 Å². The van der Waals surface area contributed by atoms with Gasteiger partial charge in [0.15, 0.2) is 0 Å². The Labute approximate surface area is 219 Å². The minimum Gasteiger partial charge on any atom is -0.388 e. The first-order valence-electron chi connectivity index (χ1n) is 14.0. The molecule has 37 heavy (non-hydrogen) atoms. The molecular formula is C31H40N2O4. The molecule has 0 aliphatic heterocycles. The number of amides is 2. The standard InChI is InChI=1S/C31H40N2O4/c34-27(32-25(30(36)15-7-8-16-30)21-23-11-3-1-4-12-23)29(19-20-29)28(35)33-26(31(37)17-9-10-18-31)22-24-13-5-2-6-14-24/h1-6,11-14,25-26,36-37H,7-10,15-22H2,(H,32,34)(H,33,35)/t25-,26-/m1/s1. The van der Waals surface area contributed by atoms with Gasteiger partial charge in [0, 0.05) is 0 Å². The maximum absolute atomic E-state index is 13.7. The van der Waals surface area contributed by atoms with Crippen LogP contribution in [0.3, 0.4) is 0 Å². The summed E-state index contributed by atoms with van der Waals surface area (Å²) in [6, 6.07) is 18.9. The molecule has 3 saturated carbocycles. The van der Waals surface area contributed by atoms with Crippen LogP contribution in [0.4, 0.5) is 0 Å². The van der Waals surface area contributed by atoms with E-state index in [0.717, 1.165) is 36.8 Å². The predicted octanol–water partition coefficient (Wildman–Crippen LogP) is 3.83. The molecule has 5 rings (SSSR count). The van der Waals surface area contributed by atoms with E-state index < -0.39 is 28.7 Å². The summed E-state index contributed by atoms with van der Waals surface area (Å²) in [6.07, 6.45) is 8.35. The lowest BCUT2D eigenvalue weighted by molar-refractivity contribution is -0.140. The Kier molecular flexibility index (Phi) is 7.42. The van der Waals surface area contributed by atoms with Gasteiger partial charge >= 0.3 is 0 Å². The number of hydrogen-bond acceptors (Lipinski definition) is 4. The highest BCUT2D eigenvalue weighted by Crippen LogP contribution is 2.47. The smallest absolute Gasteiger partial charge is 0.236 e. The van der Waals surface area contributed by atoms with Gasteiger partial charge in [-0.15, -0.1) is 0 Å². The van der Waals surface area contributed by atoms with Crippen molar-refractivity contribution in [1.82, 2.24) is 10.6 Å². The van der Waals surface area contributed by atoms with Crippen molar-refractivity contribution in [3.05, 3.63) is 71.8 Å². The summed E-state index contributed by atoms with van der Waals surface area (Å²) in [5.74, 6) is -0.605. The maximum atomic E-state index is 13.7. The zero-order valence-corrected chi connectivity index (χ0v) is 21.6. The van der Waals surface area contributed by atoms with Gasteiger partial charge in [-0.3, -0.25) is 9.59 Å². The van der Waals surface area contributed by atoms with Gasteiger partial charge < -0.3 is 20.8 Å². The van der Waals surface area contributed by atoms with Crippen molar-refractivity contribution in [2.45, 2.75) is 100 Å². The molecule has 2 amide bonds. The monoisotopic (exact) mass is 504 g/mol. The second-order valence-electron chi connectivity index (χ2n) is 11.6. The Morgan fingerprint density at radius 3 is 1.30 bits per heavy atom. The number of nitrogens with one attached hydrogen (secondary N) is 2. The zero-order valence-electron chi connectivity index (χ0n) is 21.6. The molecule has 0 heterocycles. The molecule has 3 aliphatic rings. The molecule has 6 heteroatoms. The van der Waals surface area contributed by atoms with E-state index in [9.17, 15) is 19.8 Å². The minimum absolute atomic E-state index is 0.303. The highest BCUT2D eigenvalue weighted by molar-refractivity contribution is 6.08. The van der Waals surface area contributed by atoms with Gasteiger partial charge in [-0.1, -0.05) is 86.3 Å². The Morgan fingerprint density at radius 1 is 0.622 bits per heavy atom. The Hall–Kier alpha value is -2.70. The number of carbonyl (C=O) groups is 2. The average molecular weight is 505 g/mol. The molecule has 3 aliphatic carbocycles. The van der Waals surface area contributed by atoms with Crippen molar-refractivity contribution in [2.75, 3.05) is 0 Å². The highest BCUT2D eigenvalue weighted by Gasteiger charge is 2.58. The predicted molar refractivity (Wildman–Crippen MR) is 143 cm³/mol. The van der Waals surface area contributed by atoms with Crippen molar-refractivity contribution in [3.63, 3.8) is 0 Å². The van der Waals surface area contributed by atoms with Crippen LogP contribution in [0.5, 0.6) is 0 Å². The van der Waals surface area contributed by atoms with Gasteiger partial charge in [0.25, 0.3) is 0 Å². The fourth-order valence-electron chi connectivity index (χ4n) is 6.40. The lowest BCUT2D eigenvalue weighted by Gasteiger charge is -2.36. The lowest BCUT2D eigenvalue weighted by Crippen LogP contribution is -2.58. The lowest BCUT2D eigenvalue weighted by atomic mass is 9.86. The van der Waals surface area contributed by atoms with Crippen molar-refractivity contribution in [1.29, 1.82) is 0 Å². The second-order valence-corrected chi connectivity index (χ2v) is 11.6. The molecule has 2 atom stereocenters. The number of benzene rings is 2. The molecule has 0 aromatic heterocycles. The molecule has 0 saturated heterocycles. The number of aliphatic hydroxyl groups is 2. The first-order valence-corrected chi connectivity index (χ1v) is 14.0. The highest BCUT2D eigenvalue weighted by atomic mass is 16.3. The van der Waals surface area contributed by atoms with Crippen LogP contribution in [0.15, 0.2) is 60.7 Å². The summed E-state index contributed by atoms with van der Waals surface area (Å²) in [7, 11) is 0. The quantitative estimate of drug-likeness (QED) is 0.370. The fourth-order valence-corrected chi connectivity index (χ4v) is 6.40. The topological polar surface area (TPSA) is 98.7 Å². The van der Waals surface area contributed by atoms with Gasteiger partial charge in [-0.2, -0.15) is 0 Å². The van der Waals surface area contributed by atoms with E-state index in [1.165, 1.54) is 0 Å². The van der Waals surface area contributed by atoms with Crippen LogP contribution in [0.2, 0.25) is 0 Å². The first kappa shape index (κ1) is 25.9. The van der Waals surface area contributed by atoms with Gasteiger partial charge in [0.1, 0.15) is 5.41 Å². The number of rotatable bonds is 10. The molecule has 2 aromatic rings. The third kappa shape index (κ3) is 5.60. The second kappa shape index (κ2) is 10.6. The van der Waals surface area contributed by atoms with E-state index >= 15 is 0 Å². The van der Waals surface area contributed by atoms with E-state index in [1.807, 2.05) is 60.7 Å². The van der Waals surface area contributed by atoms with Gasteiger partial charge in [-0.05, 0) is 62.5 Å². The third-order valence-electron chi connectivity index (χ3n) is 9.03. The van der Waals surface area contributed by atoms with Crippen molar-refractivity contribution < 1.29 is 19.8 Å². The molecule has 2 aromatic carbocycles. The molecule has 0 unspecified atom stereocenters. The normalized spacial score (nSPS) is 22.6. The first-order chi connectivity index (χ1) is 17.8. The Morgan fingerprint density at radius 2 is 0.973 bits per heavy atom. The van der Waals surface area contributed by atoms with Crippen LogP contribution in [0, 0.1) is 5.41 Å². The fraction of sp³-hybridized carbons (Fsp3) is 0.548. The van der Waals surface area contributed by atoms with E-state index in [2.05, 4.69) is 10.6 Å². The van der Waals surface area contributed by atoms with Gasteiger partial charge in [0.05, 0.1) is 23.3 Å². The van der Waals surface area contributed by atoms with Crippen molar-refractivity contribution in [2.24, 2.45) is 5.41 Å². The van der Waals surface area contributed by atoms with E-state index in [1.54, 1.807) is 0 Å². The minimum atomic E-state index is -1.13. The Bertz CT molecular complexity index is 987. The van der Waals surface area contributed by atoms with Crippen LogP contribution in [0.1, 0.15) is 75.3 Å².